The van der Waals surface area contributed by atoms with Crippen LogP contribution in [0.25, 0.3) is 16.8 Å². The van der Waals surface area contributed by atoms with Crippen molar-refractivity contribution in [3.8, 4) is 17.3 Å². The van der Waals surface area contributed by atoms with Crippen LogP contribution in [-0.2, 0) is 0 Å². The molecule has 0 unspecified atom stereocenters. The van der Waals surface area contributed by atoms with E-state index in [2.05, 4.69) is 36.1 Å². The van der Waals surface area contributed by atoms with Gasteiger partial charge in [-0.05, 0) is 29.5 Å². The van der Waals surface area contributed by atoms with E-state index in [0.29, 0.717) is 10.7 Å². The molecule has 22 heavy (non-hydrogen) atoms. The highest BCUT2D eigenvalue weighted by Crippen LogP contribution is 2.29. The molecule has 0 aliphatic carbocycles. The van der Waals surface area contributed by atoms with Gasteiger partial charge in [-0.2, -0.15) is 15.6 Å². The molecule has 9 heteroatoms. The number of hydrogen-bond acceptors (Lipinski definition) is 6. The highest BCUT2D eigenvalue weighted by Gasteiger charge is 2.09. The molecule has 0 amide bonds. The van der Waals surface area contributed by atoms with E-state index in [0.717, 1.165) is 11.3 Å². The van der Waals surface area contributed by atoms with Crippen molar-refractivity contribution in [1.82, 2.24) is 30.8 Å². The fourth-order valence-corrected chi connectivity index (χ4v) is 2.02. The SMILES string of the molecule is N#CC(=CNc1cc(Cl)ccc1-c1ccn[nH]1)c1nn[nH]n1. The van der Waals surface area contributed by atoms with Crippen molar-refractivity contribution < 1.29 is 0 Å². The number of nitrogens with one attached hydrogen (secondary N) is 3. The second kappa shape index (κ2) is 6.07. The lowest BCUT2D eigenvalue weighted by Crippen LogP contribution is -1.95. The minimum Gasteiger partial charge on any atom is -0.360 e. The number of allylic oxidation sites excluding steroid dienone is 1. The summed E-state index contributed by atoms with van der Waals surface area (Å²) in [5.41, 5.74) is 2.64. The van der Waals surface area contributed by atoms with E-state index in [1.54, 1.807) is 18.3 Å². The maximum atomic E-state index is 9.16. The number of tetrazole rings is 1. The van der Waals surface area contributed by atoms with Crippen LogP contribution >= 0.6 is 11.6 Å². The van der Waals surface area contributed by atoms with Gasteiger partial charge in [0.05, 0.1) is 5.69 Å². The third kappa shape index (κ3) is 2.79. The fraction of sp³-hybridized carbons (Fsp3) is 0. The van der Waals surface area contributed by atoms with Crippen molar-refractivity contribution in [2.75, 3.05) is 5.32 Å². The van der Waals surface area contributed by atoms with Gasteiger partial charge in [0.1, 0.15) is 11.6 Å². The van der Waals surface area contributed by atoms with Crippen LogP contribution in [0.1, 0.15) is 5.82 Å². The molecule has 0 fully saturated rings. The molecule has 3 N–H and O–H groups in total. The summed E-state index contributed by atoms with van der Waals surface area (Å²) in [7, 11) is 0. The minimum absolute atomic E-state index is 0.208. The number of nitriles is 1. The van der Waals surface area contributed by atoms with Gasteiger partial charge in [-0.25, -0.2) is 0 Å². The first-order valence-corrected chi connectivity index (χ1v) is 6.55. The molecule has 0 aliphatic rings. The van der Waals surface area contributed by atoms with Gasteiger partial charge in [0.25, 0.3) is 0 Å². The molecule has 0 radical (unpaired) electrons. The zero-order chi connectivity index (χ0) is 15.4. The first-order chi connectivity index (χ1) is 10.8. The summed E-state index contributed by atoms with van der Waals surface area (Å²) in [5.74, 6) is 0.208. The van der Waals surface area contributed by atoms with Crippen LogP contribution in [0, 0.1) is 11.3 Å². The van der Waals surface area contributed by atoms with Crippen LogP contribution in [0.3, 0.4) is 0 Å². The zero-order valence-electron chi connectivity index (χ0n) is 11.1. The Hall–Kier alpha value is -3.18. The Labute approximate surface area is 129 Å². The van der Waals surface area contributed by atoms with E-state index in [1.165, 1.54) is 6.20 Å². The zero-order valence-corrected chi connectivity index (χ0v) is 11.8. The lowest BCUT2D eigenvalue weighted by atomic mass is 10.1. The van der Waals surface area contributed by atoms with E-state index in [4.69, 9.17) is 16.9 Å². The fourth-order valence-electron chi connectivity index (χ4n) is 1.85. The number of aromatic nitrogens is 6. The maximum absolute atomic E-state index is 9.16. The largest absolute Gasteiger partial charge is 0.360 e. The average molecular weight is 313 g/mol. The normalized spacial score (nSPS) is 11.2. The predicted octanol–water partition coefficient (Wildman–Crippen LogP) is 2.22. The molecule has 0 saturated heterocycles. The molecule has 3 rings (SSSR count). The number of nitrogens with zero attached hydrogens (tertiary/aromatic N) is 5. The second-order valence-corrected chi connectivity index (χ2v) is 4.65. The Morgan fingerprint density at radius 3 is 2.95 bits per heavy atom. The Kier molecular flexibility index (Phi) is 3.80. The van der Waals surface area contributed by atoms with E-state index in [-0.39, 0.29) is 11.4 Å². The van der Waals surface area contributed by atoms with Gasteiger partial charge < -0.3 is 5.32 Å². The van der Waals surface area contributed by atoms with Crippen molar-refractivity contribution in [2.45, 2.75) is 0 Å². The summed E-state index contributed by atoms with van der Waals surface area (Å²) in [5, 5.41) is 32.9. The number of benzene rings is 1. The van der Waals surface area contributed by atoms with E-state index in [1.807, 2.05) is 18.2 Å². The molecule has 0 atom stereocenters. The summed E-state index contributed by atoms with van der Waals surface area (Å²) in [6.45, 7) is 0. The van der Waals surface area contributed by atoms with Crippen molar-refractivity contribution >= 4 is 22.9 Å². The van der Waals surface area contributed by atoms with Gasteiger partial charge in [0.2, 0.25) is 5.82 Å². The van der Waals surface area contributed by atoms with Crippen molar-refractivity contribution in [1.29, 1.82) is 5.26 Å². The maximum Gasteiger partial charge on any atom is 0.216 e. The predicted molar refractivity (Wildman–Crippen MR) is 80.4 cm³/mol. The van der Waals surface area contributed by atoms with Gasteiger partial charge in [-0.3, -0.25) is 5.10 Å². The number of aromatic amines is 2. The smallest absolute Gasteiger partial charge is 0.216 e. The summed E-state index contributed by atoms with van der Waals surface area (Å²) in [6, 6.07) is 9.22. The molecule has 2 heterocycles. The first-order valence-electron chi connectivity index (χ1n) is 6.18. The van der Waals surface area contributed by atoms with Crippen LogP contribution in [0.5, 0.6) is 0 Å². The Balaban J connectivity index is 1.95. The quantitative estimate of drug-likeness (QED) is 0.635. The van der Waals surface area contributed by atoms with Gasteiger partial charge >= 0.3 is 0 Å². The van der Waals surface area contributed by atoms with Gasteiger partial charge in [0, 0.05) is 28.7 Å². The summed E-state index contributed by atoms with van der Waals surface area (Å²) >= 11 is 6.04. The monoisotopic (exact) mass is 312 g/mol. The molecule has 8 nitrogen and oxygen atoms in total. The topological polar surface area (TPSA) is 119 Å². The molecule has 1 aromatic carbocycles. The van der Waals surface area contributed by atoms with Crippen LogP contribution in [0.15, 0.2) is 36.7 Å². The van der Waals surface area contributed by atoms with Crippen molar-refractivity contribution in [2.24, 2.45) is 0 Å². The molecule has 108 valence electrons. The third-order valence-electron chi connectivity index (χ3n) is 2.85. The Morgan fingerprint density at radius 2 is 2.27 bits per heavy atom. The van der Waals surface area contributed by atoms with Crippen molar-refractivity contribution in [3.05, 3.63) is 47.5 Å². The molecule has 2 aromatic heterocycles. The summed E-state index contributed by atoms with van der Waals surface area (Å²) in [4.78, 5) is 0. The number of rotatable bonds is 4. The highest BCUT2D eigenvalue weighted by molar-refractivity contribution is 6.31. The first kappa shape index (κ1) is 13.8. The van der Waals surface area contributed by atoms with Crippen LogP contribution < -0.4 is 5.32 Å². The van der Waals surface area contributed by atoms with Gasteiger partial charge in [-0.15, -0.1) is 10.2 Å². The highest BCUT2D eigenvalue weighted by atomic mass is 35.5. The molecule has 0 spiro atoms. The van der Waals surface area contributed by atoms with Crippen LogP contribution in [-0.4, -0.2) is 30.8 Å². The number of hydrogen-bond donors (Lipinski definition) is 3. The van der Waals surface area contributed by atoms with Gasteiger partial charge in [0.15, 0.2) is 0 Å². The lowest BCUT2D eigenvalue weighted by molar-refractivity contribution is 0.881. The Bertz CT molecular complexity index is 830. The van der Waals surface area contributed by atoms with Gasteiger partial charge in [-0.1, -0.05) is 11.6 Å². The second-order valence-electron chi connectivity index (χ2n) is 4.21. The molecular weight excluding hydrogens is 304 g/mol. The summed E-state index contributed by atoms with van der Waals surface area (Å²) < 4.78 is 0. The van der Waals surface area contributed by atoms with Crippen molar-refractivity contribution in [3.63, 3.8) is 0 Å². The lowest BCUT2D eigenvalue weighted by Gasteiger charge is -2.08. The van der Waals surface area contributed by atoms with E-state index >= 15 is 0 Å². The molecule has 0 aliphatic heterocycles. The number of anilines is 1. The summed E-state index contributed by atoms with van der Waals surface area (Å²) in [6.07, 6.45) is 3.15. The molecule has 3 aromatic rings. The van der Waals surface area contributed by atoms with E-state index in [9.17, 15) is 0 Å². The van der Waals surface area contributed by atoms with E-state index < -0.39 is 0 Å². The third-order valence-corrected chi connectivity index (χ3v) is 3.09. The molecular formula is C13H9ClN8. The molecule has 0 saturated carbocycles. The standard InChI is InChI=1S/C13H9ClN8/c14-9-1-2-10(11-3-4-17-18-11)12(5-9)16-7-8(6-15)13-19-21-22-20-13/h1-5,7,16H,(H,17,18)(H,19,20,21,22). The molecule has 0 bridgehead atoms. The Morgan fingerprint density at radius 1 is 1.36 bits per heavy atom. The van der Waals surface area contributed by atoms with Crippen LogP contribution in [0.2, 0.25) is 5.02 Å². The number of halogens is 1. The minimum atomic E-state index is 0.208. The average Bonchev–Trinajstić information content (AvgIpc) is 3.21. The number of H-pyrrole nitrogens is 2. The van der Waals surface area contributed by atoms with Crippen LogP contribution in [0.4, 0.5) is 5.69 Å².